The maximum absolute atomic E-state index is 11.3. The van der Waals surface area contributed by atoms with Crippen LogP contribution in [0.3, 0.4) is 0 Å². The van der Waals surface area contributed by atoms with Gasteiger partial charge < -0.3 is 16.2 Å². The van der Waals surface area contributed by atoms with Crippen LogP contribution < -0.4 is 16.2 Å². The van der Waals surface area contributed by atoms with Gasteiger partial charge in [0.05, 0.1) is 23.4 Å². The van der Waals surface area contributed by atoms with Crippen LogP contribution in [0, 0.1) is 18.3 Å². The van der Waals surface area contributed by atoms with Crippen molar-refractivity contribution in [2.24, 2.45) is 11.5 Å². The topological polar surface area (TPSA) is 128 Å². The molecule has 1 amide bonds. The fourth-order valence-electron chi connectivity index (χ4n) is 3.55. The monoisotopic (exact) mass is 449 g/mol. The molecule has 34 heavy (non-hydrogen) atoms. The molecule has 0 aliphatic heterocycles. The lowest BCUT2D eigenvalue weighted by atomic mass is 9.99. The van der Waals surface area contributed by atoms with Gasteiger partial charge in [-0.3, -0.25) is 4.79 Å². The molecule has 0 aliphatic rings. The van der Waals surface area contributed by atoms with E-state index in [2.05, 4.69) is 16.0 Å². The molecule has 0 saturated carbocycles. The molecule has 1 heterocycles. The van der Waals surface area contributed by atoms with Gasteiger partial charge in [-0.1, -0.05) is 54.6 Å². The van der Waals surface area contributed by atoms with Crippen molar-refractivity contribution in [3.05, 3.63) is 95.8 Å². The second-order valence-electron chi connectivity index (χ2n) is 7.84. The molecule has 3 aromatic carbocycles. The first-order chi connectivity index (χ1) is 16.4. The van der Waals surface area contributed by atoms with E-state index >= 15 is 0 Å². The Morgan fingerprint density at radius 1 is 1.00 bits per heavy atom. The van der Waals surface area contributed by atoms with Gasteiger partial charge in [-0.25, -0.2) is 4.98 Å². The predicted octanol–water partition coefficient (Wildman–Crippen LogP) is 4.14. The number of ether oxygens (including phenoxy) is 1. The van der Waals surface area contributed by atoms with Crippen LogP contribution in [0.4, 0.5) is 0 Å². The van der Waals surface area contributed by atoms with E-state index in [4.69, 9.17) is 16.2 Å². The zero-order valence-electron chi connectivity index (χ0n) is 18.6. The number of aromatic nitrogens is 2. The average molecular weight is 450 g/mol. The minimum atomic E-state index is -0.737. The fourth-order valence-corrected chi connectivity index (χ4v) is 3.55. The van der Waals surface area contributed by atoms with Crippen molar-refractivity contribution in [2.75, 3.05) is 0 Å². The Morgan fingerprint density at radius 2 is 1.74 bits per heavy atom. The lowest BCUT2D eigenvalue weighted by molar-refractivity contribution is -0.119. The normalized spacial score (nSPS) is 11.4. The molecule has 4 aromatic rings. The molecule has 168 valence electrons. The number of aryl methyl sites for hydroxylation is 1. The summed E-state index contributed by atoms with van der Waals surface area (Å²) < 4.78 is 6.19. The van der Waals surface area contributed by atoms with Gasteiger partial charge in [0, 0.05) is 17.2 Å². The average Bonchev–Trinajstić information content (AvgIpc) is 2.84. The molecule has 4 rings (SSSR count). The van der Waals surface area contributed by atoms with Gasteiger partial charge in [-0.15, -0.1) is 0 Å². The number of primary amides is 1. The van der Waals surface area contributed by atoms with Gasteiger partial charge >= 0.3 is 0 Å². The van der Waals surface area contributed by atoms with Gasteiger partial charge in [0.15, 0.2) is 0 Å². The standard InChI is InChI=1S/C27H23N5O2/c1-17-31-24(21-5-3-2-4-6-21)15-26(32-17)34-25-14-19(16-28)9-12-22(25)20-10-7-18(8-11-20)13-23(29)27(30)33/h2-12,14-15,23H,13,29H2,1H3,(H2,30,33)/t23-/m0/s1. The number of rotatable bonds is 7. The maximum Gasteiger partial charge on any atom is 0.234 e. The molecule has 0 saturated heterocycles. The van der Waals surface area contributed by atoms with E-state index < -0.39 is 11.9 Å². The molecule has 0 fully saturated rings. The number of nitrogens with two attached hydrogens (primary N) is 2. The van der Waals surface area contributed by atoms with Crippen LogP contribution in [0.2, 0.25) is 0 Å². The lowest BCUT2D eigenvalue weighted by Gasteiger charge is -2.13. The Balaban J connectivity index is 1.68. The van der Waals surface area contributed by atoms with Crippen LogP contribution in [0.1, 0.15) is 17.0 Å². The summed E-state index contributed by atoms with van der Waals surface area (Å²) in [4.78, 5) is 20.2. The smallest absolute Gasteiger partial charge is 0.234 e. The quantitative estimate of drug-likeness (QED) is 0.436. The molecule has 0 radical (unpaired) electrons. The van der Waals surface area contributed by atoms with Crippen molar-refractivity contribution in [1.82, 2.24) is 9.97 Å². The zero-order chi connectivity index (χ0) is 24.1. The summed E-state index contributed by atoms with van der Waals surface area (Å²) in [5, 5.41) is 9.41. The van der Waals surface area contributed by atoms with E-state index in [9.17, 15) is 10.1 Å². The first-order valence-electron chi connectivity index (χ1n) is 10.7. The van der Waals surface area contributed by atoms with E-state index in [1.54, 1.807) is 25.1 Å². The zero-order valence-corrected chi connectivity index (χ0v) is 18.6. The summed E-state index contributed by atoms with van der Waals surface area (Å²) >= 11 is 0. The molecule has 1 aromatic heterocycles. The SMILES string of the molecule is Cc1nc(Oc2cc(C#N)ccc2-c2ccc(C[C@H](N)C(N)=O)cc2)cc(-c2ccccc2)n1. The summed E-state index contributed by atoms with van der Waals surface area (Å²) in [5.41, 5.74) is 15.8. The predicted molar refractivity (Wildman–Crippen MR) is 130 cm³/mol. The highest BCUT2D eigenvalue weighted by Gasteiger charge is 2.14. The van der Waals surface area contributed by atoms with E-state index in [1.165, 1.54) is 0 Å². The van der Waals surface area contributed by atoms with Gasteiger partial charge in [0.2, 0.25) is 11.8 Å². The third kappa shape index (κ3) is 5.26. The molecule has 0 spiro atoms. The van der Waals surface area contributed by atoms with Crippen LogP contribution in [-0.4, -0.2) is 21.9 Å². The van der Waals surface area contributed by atoms with Gasteiger partial charge in [0.1, 0.15) is 11.6 Å². The van der Waals surface area contributed by atoms with E-state index in [0.29, 0.717) is 29.4 Å². The Kier molecular flexibility index (Phi) is 6.62. The van der Waals surface area contributed by atoms with Crippen molar-refractivity contribution in [2.45, 2.75) is 19.4 Å². The summed E-state index contributed by atoms with van der Waals surface area (Å²) in [5.74, 6) is 0.913. The van der Waals surface area contributed by atoms with Crippen LogP contribution in [0.5, 0.6) is 11.6 Å². The Labute approximate surface area is 197 Å². The van der Waals surface area contributed by atoms with E-state index in [1.807, 2.05) is 60.7 Å². The largest absolute Gasteiger partial charge is 0.438 e. The number of hydrogen-bond donors (Lipinski definition) is 2. The lowest BCUT2D eigenvalue weighted by Crippen LogP contribution is -2.38. The summed E-state index contributed by atoms with van der Waals surface area (Å²) in [7, 11) is 0. The Bertz CT molecular complexity index is 1360. The second kappa shape index (κ2) is 9.94. The minimum absolute atomic E-state index is 0.356. The molecule has 0 aliphatic carbocycles. The molecule has 0 bridgehead atoms. The molecule has 7 heteroatoms. The Hall–Kier alpha value is -4.54. The van der Waals surface area contributed by atoms with E-state index in [0.717, 1.165) is 27.9 Å². The number of benzene rings is 3. The summed E-state index contributed by atoms with van der Waals surface area (Å²) in [6.07, 6.45) is 0.356. The number of nitrogens with zero attached hydrogens (tertiary/aromatic N) is 3. The van der Waals surface area contributed by atoms with Crippen LogP contribution in [0.25, 0.3) is 22.4 Å². The number of amides is 1. The molecule has 7 nitrogen and oxygen atoms in total. The number of nitriles is 1. The number of carbonyl (C=O) groups excluding carboxylic acids is 1. The molecule has 4 N–H and O–H groups in total. The van der Waals surface area contributed by atoms with Crippen LogP contribution in [-0.2, 0) is 11.2 Å². The second-order valence-corrected chi connectivity index (χ2v) is 7.84. The number of hydrogen-bond acceptors (Lipinski definition) is 6. The van der Waals surface area contributed by atoms with Crippen LogP contribution in [0.15, 0.2) is 78.9 Å². The number of carbonyl (C=O) groups is 1. The highest BCUT2D eigenvalue weighted by Crippen LogP contribution is 2.35. The minimum Gasteiger partial charge on any atom is -0.438 e. The highest BCUT2D eigenvalue weighted by atomic mass is 16.5. The third-order valence-corrected chi connectivity index (χ3v) is 5.30. The summed E-state index contributed by atoms with van der Waals surface area (Å²) in [6.45, 7) is 1.81. The van der Waals surface area contributed by atoms with Crippen LogP contribution >= 0.6 is 0 Å². The first kappa shape index (κ1) is 22.6. The van der Waals surface area contributed by atoms with Crippen molar-refractivity contribution < 1.29 is 9.53 Å². The van der Waals surface area contributed by atoms with Crippen molar-refractivity contribution in [3.63, 3.8) is 0 Å². The molecular formula is C27H23N5O2. The van der Waals surface area contributed by atoms with E-state index in [-0.39, 0.29) is 0 Å². The van der Waals surface area contributed by atoms with Crippen molar-refractivity contribution in [1.29, 1.82) is 5.26 Å². The van der Waals surface area contributed by atoms with Gasteiger partial charge in [-0.2, -0.15) is 10.2 Å². The van der Waals surface area contributed by atoms with Gasteiger partial charge in [-0.05, 0) is 42.7 Å². The molecule has 0 unspecified atom stereocenters. The summed E-state index contributed by atoms with van der Waals surface area (Å²) in [6, 6.07) is 25.8. The third-order valence-electron chi connectivity index (χ3n) is 5.30. The molecule has 1 atom stereocenters. The highest BCUT2D eigenvalue weighted by molar-refractivity contribution is 5.80. The van der Waals surface area contributed by atoms with Crippen molar-refractivity contribution >= 4 is 5.91 Å². The fraction of sp³-hybridized carbons (Fsp3) is 0.111. The maximum atomic E-state index is 11.3. The van der Waals surface area contributed by atoms with Crippen molar-refractivity contribution in [3.8, 4) is 40.1 Å². The molecular weight excluding hydrogens is 426 g/mol. The van der Waals surface area contributed by atoms with Gasteiger partial charge in [0.25, 0.3) is 0 Å². The first-order valence-corrected chi connectivity index (χ1v) is 10.7. The Morgan fingerprint density at radius 3 is 2.41 bits per heavy atom.